The third-order valence-electron chi connectivity index (χ3n) is 4.81. The predicted molar refractivity (Wildman–Crippen MR) is 69.7 cm³/mol. The van der Waals surface area contributed by atoms with Gasteiger partial charge in [0.05, 0.1) is 6.17 Å². The molecule has 3 aliphatic heterocycles. The summed E-state index contributed by atoms with van der Waals surface area (Å²) < 4.78 is 0. The fraction of sp³-hybridized carbons (Fsp3) is 1.00. The maximum absolute atomic E-state index is 6.38. The number of nitrogens with one attached hydrogen (secondary N) is 3. The van der Waals surface area contributed by atoms with Gasteiger partial charge in [-0.1, -0.05) is 6.42 Å². The summed E-state index contributed by atoms with van der Waals surface area (Å²) in [5.74, 6) is 0.642. The third-order valence-corrected chi connectivity index (χ3v) is 4.81. The highest BCUT2D eigenvalue weighted by Crippen LogP contribution is 2.27. The Morgan fingerprint density at radius 2 is 1.76 bits per heavy atom. The predicted octanol–water partition coefficient (Wildman–Crippen LogP) is 0.143. The molecule has 0 aliphatic carbocycles. The molecule has 4 nitrogen and oxygen atoms in total. The molecule has 3 aliphatic rings. The van der Waals surface area contributed by atoms with Gasteiger partial charge in [-0.15, -0.1) is 0 Å². The van der Waals surface area contributed by atoms with E-state index in [-0.39, 0.29) is 0 Å². The van der Waals surface area contributed by atoms with Gasteiger partial charge in [0, 0.05) is 24.0 Å². The zero-order valence-electron chi connectivity index (χ0n) is 10.6. The lowest BCUT2D eigenvalue weighted by Crippen LogP contribution is -2.67. The Hall–Kier alpha value is -0.160. The molecule has 0 aromatic carbocycles. The summed E-state index contributed by atoms with van der Waals surface area (Å²) in [6, 6.07) is 1.58. The van der Waals surface area contributed by atoms with Crippen molar-refractivity contribution in [3.63, 3.8) is 0 Å². The summed E-state index contributed by atoms with van der Waals surface area (Å²) in [5.41, 5.74) is 6.38. The van der Waals surface area contributed by atoms with Crippen molar-refractivity contribution in [1.29, 1.82) is 0 Å². The van der Waals surface area contributed by atoms with Crippen LogP contribution in [0.1, 0.15) is 38.5 Å². The number of rotatable bonds is 1. The highest BCUT2D eigenvalue weighted by Gasteiger charge is 2.39. The van der Waals surface area contributed by atoms with Crippen LogP contribution in [0.25, 0.3) is 0 Å². The minimum absolute atomic E-state index is 0.378. The number of nitrogens with two attached hydrogens (primary N) is 1. The summed E-state index contributed by atoms with van der Waals surface area (Å²) in [6.07, 6.45) is 8.18. The average molecular weight is 238 g/mol. The first-order chi connectivity index (χ1) is 8.34. The van der Waals surface area contributed by atoms with Gasteiger partial charge in [-0.25, -0.2) is 0 Å². The molecule has 98 valence electrons. The van der Waals surface area contributed by atoms with E-state index in [0.29, 0.717) is 30.2 Å². The smallest absolute Gasteiger partial charge is 0.0618 e. The van der Waals surface area contributed by atoms with Crippen molar-refractivity contribution >= 4 is 0 Å². The molecule has 0 radical (unpaired) electrons. The number of fused-ring (bicyclic) bond motifs is 1. The van der Waals surface area contributed by atoms with Crippen LogP contribution in [0.4, 0.5) is 0 Å². The van der Waals surface area contributed by atoms with Crippen LogP contribution in [-0.4, -0.2) is 37.4 Å². The maximum Gasteiger partial charge on any atom is 0.0618 e. The molecule has 3 fully saturated rings. The molecular weight excluding hydrogens is 212 g/mol. The SMILES string of the molecule is NC1CC(C2CCCCN2)NC2NCCCC12. The van der Waals surface area contributed by atoms with E-state index in [4.69, 9.17) is 5.73 Å². The number of piperidine rings is 3. The van der Waals surface area contributed by atoms with Gasteiger partial charge < -0.3 is 16.4 Å². The lowest BCUT2D eigenvalue weighted by Gasteiger charge is -2.47. The fourth-order valence-corrected chi connectivity index (χ4v) is 3.83. The van der Waals surface area contributed by atoms with Crippen molar-refractivity contribution < 1.29 is 0 Å². The zero-order valence-corrected chi connectivity index (χ0v) is 10.6. The Morgan fingerprint density at radius 3 is 2.59 bits per heavy atom. The van der Waals surface area contributed by atoms with Crippen molar-refractivity contribution in [3.05, 3.63) is 0 Å². The Morgan fingerprint density at radius 1 is 0.882 bits per heavy atom. The number of hydrogen-bond donors (Lipinski definition) is 4. The van der Waals surface area contributed by atoms with Crippen LogP contribution in [0, 0.1) is 5.92 Å². The summed E-state index contributed by atoms with van der Waals surface area (Å²) in [6.45, 7) is 2.32. The summed E-state index contributed by atoms with van der Waals surface area (Å²) in [5, 5.41) is 11.1. The first-order valence-corrected chi connectivity index (χ1v) is 7.33. The minimum Gasteiger partial charge on any atom is -0.327 e. The van der Waals surface area contributed by atoms with Crippen LogP contribution in [0.15, 0.2) is 0 Å². The van der Waals surface area contributed by atoms with Crippen LogP contribution in [0.3, 0.4) is 0 Å². The van der Waals surface area contributed by atoms with E-state index in [0.717, 1.165) is 13.0 Å². The van der Waals surface area contributed by atoms with Crippen LogP contribution in [-0.2, 0) is 0 Å². The third kappa shape index (κ3) is 2.50. The van der Waals surface area contributed by atoms with Gasteiger partial charge in [0.25, 0.3) is 0 Å². The van der Waals surface area contributed by atoms with Crippen molar-refractivity contribution in [3.8, 4) is 0 Å². The Labute approximate surface area is 104 Å². The molecule has 5 unspecified atom stereocenters. The first kappa shape index (κ1) is 11.9. The van der Waals surface area contributed by atoms with Crippen molar-refractivity contribution in [2.75, 3.05) is 13.1 Å². The zero-order chi connectivity index (χ0) is 11.7. The topological polar surface area (TPSA) is 62.1 Å². The molecule has 5 N–H and O–H groups in total. The van der Waals surface area contributed by atoms with E-state index in [1.165, 1.54) is 38.6 Å². The second-order valence-corrected chi connectivity index (χ2v) is 5.97. The molecule has 3 heterocycles. The van der Waals surface area contributed by atoms with Crippen molar-refractivity contribution in [2.45, 2.75) is 62.8 Å². The van der Waals surface area contributed by atoms with E-state index < -0.39 is 0 Å². The molecule has 5 atom stereocenters. The van der Waals surface area contributed by atoms with E-state index in [1.807, 2.05) is 0 Å². The minimum atomic E-state index is 0.378. The maximum atomic E-state index is 6.38. The monoisotopic (exact) mass is 238 g/mol. The molecule has 4 heteroatoms. The second kappa shape index (κ2) is 5.22. The van der Waals surface area contributed by atoms with E-state index in [1.54, 1.807) is 0 Å². The lowest BCUT2D eigenvalue weighted by molar-refractivity contribution is 0.113. The fourth-order valence-electron chi connectivity index (χ4n) is 3.83. The quantitative estimate of drug-likeness (QED) is 0.525. The van der Waals surface area contributed by atoms with Crippen LogP contribution in [0.5, 0.6) is 0 Å². The van der Waals surface area contributed by atoms with Crippen LogP contribution >= 0.6 is 0 Å². The molecule has 3 saturated heterocycles. The molecule has 0 bridgehead atoms. The van der Waals surface area contributed by atoms with Gasteiger partial charge in [0.15, 0.2) is 0 Å². The van der Waals surface area contributed by atoms with Gasteiger partial charge in [-0.2, -0.15) is 0 Å². The molecule has 0 amide bonds. The summed E-state index contributed by atoms with van der Waals surface area (Å²) >= 11 is 0. The van der Waals surface area contributed by atoms with Crippen molar-refractivity contribution in [2.24, 2.45) is 11.7 Å². The molecule has 17 heavy (non-hydrogen) atoms. The molecular formula is C13H26N4. The molecule has 0 aromatic heterocycles. The Kier molecular flexibility index (Phi) is 3.66. The van der Waals surface area contributed by atoms with Crippen LogP contribution < -0.4 is 21.7 Å². The first-order valence-electron chi connectivity index (χ1n) is 7.33. The Balaban J connectivity index is 1.63. The average Bonchev–Trinajstić information content (AvgIpc) is 2.40. The van der Waals surface area contributed by atoms with E-state index in [2.05, 4.69) is 16.0 Å². The van der Waals surface area contributed by atoms with E-state index >= 15 is 0 Å². The van der Waals surface area contributed by atoms with Gasteiger partial charge >= 0.3 is 0 Å². The standard InChI is InChI=1S/C13H26N4/c14-10-8-12(11-5-1-2-6-15-11)17-13-9(10)4-3-7-16-13/h9-13,15-17H,1-8,14H2. The molecule has 3 rings (SSSR count). The number of hydrogen-bond acceptors (Lipinski definition) is 4. The normalized spacial score (nSPS) is 47.5. The Bertz CT molecular complexity index is 252. The lowest BCUT2D eigenvalue weighted by atomic mass is 9.79. The van der Waals surface area contributed by atoms with Gasteiger partial charge in [0.2, 0.25) is 0 Å². The van der Waals surface area contributed by atoms with Gasteiger partial charge in [-0.3, -0.25) is 5.32 Å². The highest BCUT2D eigenvalue weighted by atomic mass is 15.2. The van der Waals surface area contributed by atoms with Crippen LogP contribution in [0.2, 0.25) is 0 Å². The van der Waals surface area contributed by atoms with Gasteiger partial charge in [-0.05, 0) is 45.2 Å². The molecule has 0 aromatic rings. The van der Waals surface area contributed by atoms with E-state index in [9.17, 15) is 0 Å². The second-order valence-electron chi connectivity index (χ2n) is 5.97. The van der Waals surface area contributed by atoms with Gasteiger partial charge in [0.1, 0.15) is 0 Å². The largest absolute Gasteiger partial charge is 0.327 e. The van der Waals surface area contributed by atoms with Crippen molar-refractivity contribution in [1.82, 2.24) is 16.0 Å². The highest BCUT2D eigenvalue weighted by molar-refractivity contribution is 4.99. The molecule has 0 saturated carbocycles. The summed E-state index contributed by atoms with van der Waals surface area (Å²) in [4.78, 5) is 0. The summed E-state index contributed by atoms with van der Waals surface area (Å²) in [7, 11) is 0. The molecule has 0 spiro atoms.